The molecule has 104 valence electrons. The van der Waals surface area contributed by atoms with Crippen molar-refractivity contribution in [3.63, 3.8) is 0 Å². The Morgan fingerprint density at radius 3 is 2.26 bits per heavy atom. The van der Waals surface area contributed by atoms with Crippen LogP contribution < -0.4 is 14.2 Å². The summed E-state index contributed by atoms with van der Waals surface area (Å²) in [5, 5.41) is 0. The Hall–Kier alpha value is -1.71. The summed E-state index contributed by atoms with van der Waals surface area (Å²) in [5.74, 6) is 1.78. The van der Waals surface area contributed by atoms with E-state index in [4.69, 9.17) is 14.2 Å². The number of ether oxygens (including phenoxy) is 3. The van der Waals surface area contributed by atoms with Crippen LogP contribution in [0, 0.1) is 5.41 Å². The van der Waals surface area contributed by atoms with Crippen LogP contribution >= 0.6 is 0 Å². The third-order valence-corrected chi connectivity index (χ3v) is 3.39. The zero-order chi connectivity index (χ0) is 14.2. The fourth-order valence-electron chi connectivity index (χ4n) is 2.13. The molecule has 0 aliphatic carbocycles. The van der Waals surface area contributed by atoms with Crippen molar-refractivity contribution in [3.8, 4) is 17.2 Å². The Labute approximate surface area is 113 Å². The number of hydrogen-bond acceptors (Lipinski definition) is 4. The van der Waals surface area contributed by atoms with Crippen LogP contribution in [0.1, 0.15) is 37.6 Å². The van der Waals surface area contributed by atoms with E-state index in [1.165, 1.54) is 0 Å². The van der Waals surface area contributed by atoms with Gasteiger partial charge in [-0.15, -0.1) is 0 Å². The number of carbonyl (C=O) groups excluding carboxylic acids is 1. The van der Waals surface area contributed by atoms with Crippen LogP contribution in [0.5, 0.6) is 17.2 Å². The fourth-order valence-corrected chi connectivity index (χ4v) is 2.13. The first-order valence-corrected chi connectivity index (χ1v) is 6.32. The summed E-state index contributed by atoms with van der Waals surface area (Å²) < 4.78 is 16.4. The summed E-state index contributed by atoms with van der Waals surface area (Å²) in [5.41, 5.74) is 0.485. The van der Waals surface area contributed by atoms with Gasteiger partial charge in [-0.25, -0.2) is 0 Å². The number of rotatable bonds is 2. The van der Waals surface area contributed by atoms with Gasteiger partial charge in [0.05, 0.1) is 19.8 Å². The largest absolute Gasteiger partial charge is 0.493 e. The van der Waals surface area contributed by atoms with Crippen LogP contribution in [0.15, 0.2) is 12.1 Å². The maximum atomic E-state index is 12.2. The summed E-state index contributed by atoms with van der Waals surface area (Å²) in [6.45, 7) is 6.20. The molecule has 0 bridgehead atoms. The molecule has 0 saturated carbocycles. The standard InChI is InChI=1S/C15H20O4/c1-15(2,3)14-7-10(16)9-6-12(17-4)13(18-5)8-11(9)19-14/h6,8,14H,7H2,1-5H3. The summed E-state index contributed by atoms with van der Waals surface area (Å²) >= 11 is 0. The molecule has 19 heavy (non-hydrogen) atoms. The zero-order valence-electron chi connectivity index (χ0n) is 12.1. The third-order valence-electron chi connectivity index (χ3n) is 3.39. The molecule has 1 atom stereocenters. The average Bonchev–Trinajstić information content (AvgIpc) is 2.36. The highest BCUT2D eigenvalue weighted by molar-refractivity contribution is 6.00. The van der Waals surface area contributed by atoms with Crippen LogP contribution in [0.4, 0.5) is 0 Å². The predicted octanol–water partition coefficient (Wildman–Crippen LogP) is 3.08. The minimum Gasteiger partial charge on any atom is -0.493 e. The smallest absolute Gasteiger partial charge is 0.170 e. The van der Waals surface area contributed by atoms with Gasteiger partial charge in [-0.05, 0) is 11.5 Å². The molecule has 0 spiro atoms. The molecule has 0 fully saturated rings. The zero-order valence-corrected chi connectivity index (χ0v) is 12.1. The van der Waals surface area contributed by atoms with E-state index < -0.39 is 0 Å². The molecule has 1 heterocycles. The second kappa shape index (κ2) is 4.76. The molecule has 0 radical (unpaired) electrons. The predicted molar refractivity (Wildman–Crippen MR) is 72.4 cm³/mol. The lowest BCUT2D eigenvalue weighted by atomic mass is 9.83. The van der Waals surface area contributed by atoms with E-state index in [1.54, 1.807) is 26.4 Å². The van der Waals surface area contributed by atoms with E-state index in [2.05, 4.69) is 20.8 Å². The Morgan fingerprint density at radius 1 is 1.16 bits per heavy atom. The number of fused-ring (bicyclic) bond motifs is 1. The van der Waals surface area contributed by atoms with Crippen LogP contribution in [0.25, 0.3) is 0 Å². The number of ketones is 1. The van der Waals surface area contributed by atoms with Crippen molar-refractivity contribution in [1.29, 1.82) is 0 Å². The van der Waals surface area contributed by atoms with Gasteiger partial charge < -0.3 is 14.2 Å². The van der Waals surface area contributed by atoms with Gasteiger partial charge in [0.1, 0.15) is 11.9 Å². The number of carbonyl (C=O) groups is 1. The van der Waals surface area contributed by atoms with Gasteiger partial charge in [-0.2, -0.15) is 0 Å². The highest BCUT2D eigenvalue weighted by Crippen LogP contribution is 2.41. The van der Waals surface area contributed by atoms with Crippen molar-refractivity contribution in [2.24, 2.45) is 5.41 Å². The maximum absolute atomic E-state index is 12.2. The Morgan fingerprint density at radius 2 is 1.74 bits per heavy atom. The van der Waals surface area contributed by atoms with E-state index >= 15 is 0 Å². The topological polar surface area (TPSA) is 44.8 Å². The number of hydrogen-bond donors (Lipinski definition) is 0. The summed E-state index contributed by atoms with van der Waals surface area (Å²) in [6, 6.07) is 3.42. The lowest BCUT2D eigenvalue weighted by Crippen LogP contribution is -2.37. The van der Waals surface area contributed by atoms with Crippen molar-refractivity contribution in [2.75, 3.05) is 14.2 Å². The Balaban J connectivity index is 2.45. The first-order chi connectivity index (χ1) is 8.86. The van der Waals surface area contributed by atoms with E-state index in [9.17, 15) is 4.79 Å². The van der Waals surface area contributed by atoms with Gasteiger partial charge in [0.25, 0.3) is 0 Å². The molecule has 4 nitrogen and oxygen atoms in total. The monoisotopic (exact) mass is 264 g/mol. The van der Waals surface area contributed by atoms with Crippen molar-refractivity contribution < 1.29 is 19.0 Å². The molecule has 1 aromatic carbocycles. The molecule has 0 aromatic heterocycles. The van der Waals surface area contributed by atoms with Gasteiger partial charge in [0.2, 0.25) is 0 Å². The van der Waals surface area contributed by atoms with Crippen molar-refractivity contribution in [3.05, 3.63) is 17.7 Å². The highest BCUT2D eigenvalue weighted by Gasteiger charge is 2.35. The van der Waals surface area contributed by atoms with Crippen LogP contribution in [-0.4, -0.2) is 26.1 Å². The lowest BCUT2D eigenvalue weighted by molar-refractivity contribution is 0.0542. The molecule has 2 rings (SSSR count). The molecule has 1 aliphatic heterocycles. The van der Waals surface area contributed by atoms with Crippen LogP contribution in [-0.2, 0) is 0 Å². The van der Waals surface area contributed by atoms with Crippen molar-refractivity contribution >= 4 is 5.78 Å². The molecule has 1 aliphatic rings. The summed E-state index contributed by atoms with van der Waals surface area (Å²) in [7, 11) is 3.12. The Bertz CT molecular complexity index is 500. The van der Waals surface area contributed by atoms with E-state index in [1.807, 2.05) is 0 Å². The molecule has 4 heteroatoms. The van der Waals surface area contributed by atoms with Gasteiger partial charge in [-0.3, -0.25) is 4.79 Å². The molecule has 0 amide bonds. The Kier molecular flexibility index (Phi) is 3.43. The van der Waals surface area contributed by atoms with Gasteiger partial charge in [0, 0.05) is 12.5 Å². The molecule has 1 aromatic rings. The number of Topliss-reactive ketones (excluding diaryl/α,β-unsaturated/α-hetero) is 1. The van der Waals surface area contributed by atoms with E-state index in [-0.39, 0.29) is 17.3 Å². The molecular formula is C15H20O4. The van der Waals surface area contributed by atoms with Gasteiger partial charge in [-0.1, -0.05) is 20.8 Å². The number of benzene rings is 1. The second-order valence-corrected chi connectivity index (χ2v) is 5.80. The van der Waals surface area contributed by atoms with Crippen LogP contribution in [0.2, 0.25) is 0 Å². The average molecular weight is 264 g/mol. The van der Waals surface area contributed by atoms with Crippen molar-refractivity contribution in [1.82, 2.24) is 0 Å². The van der Waals surface area contributed by atoms with E-state index in [0.717, 1.165) is 0 Å². The lowest BCUT2D eigenvalue weighted by Gasteiger charge is -2.34. The second-order valence-electron chi connectivity index (χ2n) is 5.80. The third kappa shape index (κ3) is 2.53. The quantitative estimate of drug-likeness (QED) is 0.823. The molecule has 1 unspecified atom stereocenters. The highest BCUT2D eigenvalue weighted by atomic mass is 16.5. The SMILES string of the molecule is COc1cc2c(cc1OC)C(=O)CC(C(C)(C)C)O2. The minimum absolute atomic E-state index is 0.0828. The first kappa shape index (κ1) is 13.7. The maximum Gasteiger partial charge on any atom is 0.170 e. The summed E-state index contributed by atoms with van der Waals surface area (Å²) in [4.78, 5) is 12.2. The van der Waals surface area contributed by atoms with E-state index in [0.29, 0.717) is 29.2 Å². The van der Waals surface area contributed by atoms with Crippen LogP contribution in [0.3, 0.4) is 0 Å². The molecular weight excluding hydrogens is 244 g/mol. The first-order valence-electron chi connectivity index (χ1n) is 6.32. The van der Waals surface area contributed by atoms with Gasteiger partial charge >= 0.3 is 0 Å². The normalized spacial score (nSPS) is 18.6. The van der Waals surface area contributed by atoms with Crippen molar-refractivity contribution in [2.45, 2.75) is 33.3 Å². The molecule has 0 N–H and O–H groups in total. The fraction of sp³-hybridized carbons (Fsp3) is 0.533. The summed E-state index contributed by atoms with van der Waals surface area (Å²) in [6.07, 6.45) is 0.275. The minimum atomic E-state index is -0.120. The van der Waals surface area contributed by atoms with Gasteiger partial charge in [0.15, 0.2) is 17.3 Å². The number of methoxy groups -OCH3 is 2. The molecule has 0 saturated heterocycles.